The van der Waals surface area contributed by atoms with Gasteiger partial charge in [-0.25, -0.2) is 4.98 Å². The van der Waals surface area contributed by atoms with Gasteiger partial charge in [0.05, 0.1) is 39.4 Å². The molecule has 64 heavy (non-hydrogen) atoms. The predicted octanol–water partition coefficient (Wildman–Crippen LogP) is 15.5. The molecule has 12 rings (SSSR count). The number of aromatic nitrogens is 3. The molecule has 4 heteroatoms. The van der Waals surface area contributed by atoms with Crippen LogP contribution in [0.1, 0.15) is 5.56 Å². The Hall–Kier alpha value is -8.78. The Morgan fingerprint density at radius 1 is 0.328 bits per heavy atom. The van der Waals surface area contributed by atoms with E-state index in [0.717, 1.165) is 88.5 Å². The third-order valence-corrected chi connectivity index (χ3v) is 12.6. The number of nitrogens with zero attached hydrogens (tertiary/aromatic N) is 4. The second kappa shape index (κ2) is 15.3. The number of pyridine rings is 1. The largest absolute Gasteiger partial charge is 0.305 e. The smallest absolute Gasteiger partial charge is 0.162 e. The molecule has 0 N–H and O–H groups in total. The van der Waals surface area contributed by atoms with E-state index in [4.69, 9.17) is 4.98 Å². The topological polar surface area (TPSA) is 46.5 Å². The second-order valence-electron chi connectivity index (χ2n) is 16.3. The van der Waals surface area contributed by atoms with Crippen LogP contribution in [0.5, 0.6) is 0 Å². The lowest BCUT2D eigenvalue weighted by molar-refractivity contribution is 1.03. The molecule has 0 aliphatic rings. The summed E-state index contributed by atoms with van der Waals surface area (Å²) in [5, 5.41) is 14.4. The number of fused-ring (bicyclic) bond motifs is 6. The first kappa shape index (κ1) is 37.0. The molecule has 0 spiro atoms. The highest BCUT2D eigenvalue weighted by Gasteiger charge is 2.25. The molecular weight excluding hydrogens is 777 g/mol. The first-order valence-electron chi connectivity index (χ1n) is 21.6. The number of hydrogen-bond donors (Lipinski definition) is 0. The van der Waals surface area contributed by atoms with Gasteiger partial charge in [0.1, 0.15) is 0 Å². The van der Waals surface area contributed by atoms with Gasteiger partial charge in [-0.3, -0.25) is 4.57 Å². The van der Waals surface area contributed by atoms with Crippen LogP contribution >= 0.6 is 0 Å². The van der Waals surface area contributed by atoms with Crippen molar-refractivity contribution in [2.45, 2.75) is 0 Å². The maximum Gasteiger partial charge on any atom is 0.162 e. The van der Waals surface area contributed by atoms with E-state index in [9.17, 15) is 5.26 Å². The molecule has 0 saturated heterocycles. The Bertz CT molecular complexity index is 3550. The van der Waals surface area contributed by atoms with Crippen LogP contribution in [-0.2, 0) is 0 Å². The SMILES string of the molecule is N#Cc1ccc(-c2ccnc(-n3c4ccc(-c5ccccc5)cc4c4cc(-c5ccccc5)ccc43)c2-n2c3ccc(-c4ccccc4)cc3c3cc(-c4ccccc4)ccc32)cc1. The minimum atomic E-state index is 0.615. The molecule has 0 aliphatic carbocycles. The fourth-order valence-electron chi connectivity index (χ4n) is 9.54. The van der Waals surface area contributed by atoms with Gasteiger partial charge in [0.2, 0.25) is 0 Å². The minimum Gasteiger partial charge on any atom is -0.305 e. The van der Waals surface area contributed by atoms with Crippen molar-refractivity contribution in [1.82, 2.24) is 14.1 Å². The highest BCUT2D eigenvalue weighted by Crippen LogP contribution is 2.44. The number of rotatable bonds is 7. The summed E-state index contributed by atoms with van der Waals surface area (Å²) in [5.41, 5.74) is 17.1. The van der Waals surface area contributed by atoms with Crippen molar-refractivity contribution in [2.75, 3.05) is 0 Å². The fraction of sp³-hybridized carbons (Fsp3) is 0. The summed E-state index contributed by atoms with van der Waals surface area (Å²) < 4.78 is 4.77. The summed E-state index contributed by atoms with van der Waals surface area (Å²) in [5.74, 6) is 0.805. The number of benzene rings is 9. The monoisotopic (exact) mass is 814 g/mol. The van der Waals surface area contributed by atoms with Crippen LogP contribution < -0.4 is 0 Å². The van der Waals surface area contributed by atoms with Crippen molar-refractivity contribution in [3.63, 3.8) is 0 Å². The summed E-state index contributed by atoms with van der Waals surface area (Å²) in [7, 11) is 0. The van der Waals surface area contributed by atoms with E-state index in [1.807, 2.05) is 18.3 Å². The van der Waals surface area contributed by atoms with Gasteiger partial charge in [0.25, 0.3) is 0 Å². The Morgan fingerprint density at radius 3 is 1.03 bits per heavy atom. The molecule has 3 heterocycles. The molecule has 0 unspecified atom stereocenters. The van der Waals surface area contributed by atoms with E-state index in [1.54, 1.807) is 0 Å². The molecule has 0 amide bonds. The van der Waals surface area contributed by atoms with Crippen molar-refractivity contribution in [2.24, 2.45) is 0 Å². The highest BCUT2D eigenvalue weighted by molar-refractivity contribution is 6.14. The number of hydrogen-bond acceptors (Lipinski definition) is 2. The lowest BCUT2D eigenvalue weighted by atomic mass is 10.0. The summed E-state index contributed by atoms with van der Waals surface area (Å²) in [6, 6.07) is 82.1. The van der Waals surface area contributed by atoms with Crippen LogP contribution in [0.15, 0.2) is 231 Å². The van der Waals surface area contributed by atoms with Gasteiger partial charge in [-0.15, -0.1) is 0 Å². The molecule has 0 atom stereocenters. The van der Waals surface area contributed by atoms with Gasteiger partial charge < -0.3 is 4.57 Å². The molecule has 0 aliphatic heterocycles. The standard InChI is InChI=1S/C60H38N4/c61-39-40-21-23-45(24-22-40)50-33-34-62-60(64-57-31-27-48(43-17-9-3-10-18-43)37-53(57)54-38-49(28-32-58(54)64)44-19-11-4-12-20-44)59(50)63-55-29-25-46(41-13-5-1-6-14-41)35-51(55)52-36-47(26-30-56(52)63)42-15-7-2-8-16-42/h1-38H. The van der Waals surface area contributed by atoms with Crippen molar-refractivity contribution in [3.8, 4) is 73.2 Å². The average molecular weight is 815 g/mol. The van der Waals surface area contributed by atoms with Gasteiger partial charge >= 0.3 is 0 Å². The van der Waals surface area contributed by atoms with Crippen LogP contribution in [-0.4, -0.2) is 14.1 Å². The normalized spacial score (nSPS) is 11.4. The van der Waals surface area contributed by atoms with Crippen LogP contribution in [0.3, 0.4) is 0 Å². The van der Waals surface area contributed by atoms with E-state index in [2.05, 4.69) is 228 Å². The predicted molar refractivity (Wildman–Crippen MR) is 265 cm³/mol. The van der Waals surface area contributed by atoms with Gasteiger partial charge in [0, 0.05) is 33.3 Å². The molecular formula is C60H38N4. The first-order valence-corrected chi connectivity index (χ1v) is 21.6. The van der Waals surface area contributed by atoms with Crippen LogP contribution in [0, 0.1) is 11.3 Å². The molecule has 0 saturated carbocycles. The Labute approximate surface area is 370 Å². The molecule has 4 nitrogen and oxygen atoms in total. The Kier molecular flexibility index (Phi) is 8.84. The summed E-state index contributed by atoms with van der Waals surface area (Å²) >= 11 is 0. The lowest BCUT2D eigenvalue weighted by Gasteiger charge is -2.20. The van der Waals surface area contributed by atoms with E-state index in [1.165, 1.54) is 22.3 Å². The zero-order chi connectivity index (χ0) is 42.6. The van der Waals surface area contributed by atoms with Gasteiger partial charge in [-0.2, -0.15) is 5.26 Å². The molecule has 0 bridgehead atoms. The Morgan fingerprint density at radius 2 is 0.672 bits per heavy atom. The summed E-state index contributed by atoms with van der Waals surface area (Å²) in [4.78, 5) is 5.39. The van der Waals surface area contributed by atoms with E-state index in [0.29, 0.717) is 5.56 Å². The van der Waals surface area contributed by atoms with Crippen LogP contribution in [0.2, 0.25) is 0 Å². The second-order valence-corrected chi connectivity index (χ2v) is 16.3. The maximum atomic E-state index is 9.84. The third-order valence-electron chi connectivity index (χ3n) is 12.6. The van der Waals surface area contributed by atoms with Gasteiger partial charge in [0.15, 0.2) is 5.82 Å². The minimum absolute atomic E-state index is 0.615. The molecule has 9 aromatic carbocycles. The lowest BCUT2D eigenvalue weighted by Crippen LogP contribution is -2.08. The zero-order valence-electron chi connectivity index (χ0n) is 34.7. The summed E-state index contributed by atoms with van der Waals surface area (Å²) in [6.07, 6.45) is 1.93. The third kappa shape index (κ3) is 6.18. The van der Waals surface area contributed by atoms with Crippen LogP contribution in [0.4, 0.5) is 0 Å². The molecule has 0 fully saturated rings. The van der Waals surface area contributed by atoms with Gasteiger partial charge in [-0.05, 0) is 117 Å². The van der Waals surface area contributed by atoms with Crippen molar-refractivity contribution >= 4 is 43.6 Å². The van der Waals surface area contributed by atoms with E-state index < -0.39 is 0 Å². The highest BCUT2D eigenvalue weighted by atomic mass is 15.1. The average Bonchev–Trinajstić information content (AvgIpc) is 3.88. The first-order chi connectivity index (χ1) is 31.7. The van der Waals surface area contributed by atoms with E-state index in [-0.39, 0.29) is 0 Å². The molecule has 0 radical (unpaired) electrons. The van der Waals surface area contributed by atoms with Crippen molar-refractivity contribution < 1.29 is 0 Å². The summed E-state index contributed by atoms with van der Waals surface area (Å²) in [6.45, 7) is 0. The number of nitriles is 1. The molecule has 12 aromatic rings. The van der Waals surface area contributed by atoms with Crippen molar-refractivity contribution in [3.05, 3.63) is 236 Å². The van der Waals surface area contributed by atoms with E-state index >= 15 is 0 Å². The molecule has 298 valence electrons. The van der Waals surface area contributed by atoms with Crippen molar-refractivity contribution in [1.29, 1.82) is 5.26 Å². The quantitative estimate of drug-likeness (QED) is 0.161. The fourth-order valence-corrected chi connectivity index (χ4v) is 9.54. The van der Waals surface area contributed by atoms with Crippen LogP contribution in [0.25, 0.3) is 111 Å². The Balaban J connectivity index is 1.20. The maximum absolute atomic E-state index is 9.84. The van der Waals surface area contributed by atoms with Gasteiger partial charge in [-0.1, -0.05) is 158 Å². The zero-order valence-corrected chi connectivity index (χ0v) is 34.7. The molecule has 3 aromatic heterocycles.